The average Bonchev–Trinajstić information content (AvgIpc) is 3.15. The van der Waals surface area contributed by atoms with Gasteiger partial charge in [-0.15, -0.1) is 0 Å². The fourth-order valence-electron chi connectivity index (χ4n) is 3.26. The molecule has 0 N–H and O–H groups in total. The molecule has 0 radical (unpaired) electrons. The van der Waals surface area contributed by atoms with Crippen LogP contribution in [-0.2, 0) is 6.61 Å². The first-order chi connectivity index (χ1) is 13.8. The number of rotatable bonds is 4. The molecule has 4 nitrogen and oxygen atoms in total. The predicted octanol–water partition coefficient (Wildman–Crippen LogP) is 5.29. The van der Waals surface area contributed by atoms with Gasteiger partial charge >= 0.3 is 0 Å². The predicted molar refractivity (Wildman–Crippen MR) is 107 cm³/mol. The van der Waals surface area contributed by atoms with Crippen molar-refractivity contribution in [1.82, 2.24) is 14.5 Å². The van der Waals surface area contributed by atoms with E-state index in [0.29, 0.717) is 5.52 Å². The number of benzene rings is 3. The number of imidazole rings is 1. The van der Waals surface area contributed by atoms with Gasteiger partial charge in [0.2, 0.25) is 0 Å². The van der Waals surface area contributed by atoms with Crippen LogP contribution in [0.1, 0.15) is 5.69 Å². The van der Waals surface area contributed by atoms with E-state index in [1.807, 2.05) is 71.3 Å². The first-order valence-electron chi connectivity index (χ1n) is 8.97. The molecular weight excluding hydrogens is 353 g/mol. The number of pyridine rings is 1. The SMILES string of the molecule is Fc1cc2ncn(-c3ccccc3)c2cc1OCc1ccc2ccccc2n1. The highest BCUT2D eigenvalue weighted by molar-refractivity contribution is 5.79. The van der Waals surface area contributed by atoms with Gasteiger partial charge in [0.15, 0.2) is 11.6 Å². The lowest BCUT2D eigenvalue weighted by Gasteiger charge is -2.09. The molecule has 2 heterocycles. The normalized spacial score (nSPS) is 11.2. The van der Waals surface area contributed by atoms with Gasteiger partial charge < -0.3 is 4.74 Å². The highest BCUT2D eigenvalue weighted by atomic mass is 19.1. The first-order valence-corrected chi connectivity index (χ1v) is 8.97. The number of hydrogen-bond acceptors (Lipinski definition) is 3. The van der Waals surface area contributed by atoms with Gasteiger partial charge in [0, 0.05) is 23.2 Å². The van der Waals surface area contributed by atoms with E-state index in [4.69, 9.17) is 4.74 Å². The molecule has 0 saturated carbocycles. The monoisotopic (exact) mass is 369 g/mol. The molecular formula is C23H16FN3O. The zero-order valence-electron chi connectivity index (χ0n) is 14.9. The summed E-state index contributed by atoms with van der Waals surface area (Å²) in [5, 5.41) is 1.06. The average molecular weight is 369 g/mol. The first kappa shape index (κ1) is 16.4. The van der Waals surface area contributed by atoms with Crippen LogP contribution >= 0.6 is 0 Å². The van der Waals surface area contributed by atoms with Crippen LogP contribution in [0.3, 0.4) is 0 Å². The van der Waals surface area contributed by atoms with Gasteiger partial charge in [0.05, 0.1) is 22.2 Å². The smallest absolute Gasteiger partial charge is 0.167 e. The van der Waals surface area contributed by atoms with Crippen molar-refractivity contribution in [2.45, 2.75) is 6.61 Å². The number of nitrogens with zero attached hydrogens (tertiary/aromatic N) is 3. The minimum absolute atomic E-state index is 0.181. The molecule has 0 saturated heterocycles. The molecule has 0 fully saturated rings. The number of ether oxygens (including phenoxy) is 1. The summed E-state index contributed by atoms with van der Waals surface area (Å²) in [6, 6.07) is 24.7. The van der Waals surface area contributed by atoms with Crippen molar-refractivity contribution in [1.29, 1.82) is 0 Å². The minimum atomic E-state index is -0.438. The minimum Gasteiger partial charge on any atom is -0.484 e. The second kappa shape index (κ2) is 6.78. The Morgan fingerprint density at radius 3 is 2.57 bits per heavy atom. The summed E-state index contributed by atoms with van der Waals surface area (Å²) >= 11 is 0. The Hall–Kier alpha value is -3.73. The van der Waals surface area contributed by atoms with E-state index in [2.05, 4.69) is 9.97 Å². The summed E-state index contributed by atoms with van der Waals surface area (Å²) in [4.78, 5) is 8.88. The highest BCUT2D eigenvalue weighted by Gasteiger charge is 2.12. The van der Waals surface area contributed by atoms with Crippen molar-refractivity contribution < 1.29 is 9.13 Å². The van der Waals surface area contributed by atoms with Gasteiger partial charge in [-0.05, 0) is 24.3 Å². The fourth-order valence-corrected chi connectivity index (χ4v) is 3.26. The lowest BCUT2D eigenvalue weighted by molar-refractivity contribution is 0.287. The Bertz CT molecular complexity index is 1280. The van der Waals surface area contributed by atoms with Crippen LogP contribution in [0, 0.1) is 5.82 Å². The lowest BCUT2D eigenvalue weighted by Crippen LogP contribution is -2.00. The molecule has 5 heteroatoms. The van der Waals surface area contributed by atoms with E-state index >= 15 is 0 Å². The van der Waals surface area contributed by atoms with Crippen molar-refractivity contribution in [2.24, 2.45) is 0 Å². The molecule has 3 aromatic carbocycles. The lowest BCUT2D eigenvalue weighted by atomic mass is 10.2. The van der Waals surface area contributed by atoms with Crippen molar-refractivity contribution in [3.05, 3.63) is 96.7 Å². The molecule has 0 amide bonds. The summed E-state index contributed by atoms with van der Waals surface area (Å²) in [6.07, 6.45) is 1.69. The number of hydrogen-bond donors (Lipinski definition) is 0. The standard InChI is InChI=1S/C23H16FN3O/c24-19-12-21-22(27(15-25-21)18-7-2-1-3-8-18)13-23(19)28-14-17-11-10-16-6-4-5-9-20(16)26-17/h1-13,15H,14H2. The van der Waals surface area contributed by atoms with E-state index < -0.39 is 5.82 Å². The highest BCUT2D eigenvalue weighted by Crippen LogP contribution is 2.27. The van der Waals surface area contributed by atoms with Crippen molar-refractivity contribution >= 4 is 21.9 Å². The van der Waals surface area contributed by atoms with Crippen LogP contribution in [0.15, 0.2) is 85.2 Å². The van der Waals surface area contributed by atoms with Crippen molar-refractivity contribution in [2.75, 3.05) is 0 Å². The molecule has 0 bridgehead atoms. The second-order valence-electron chi connectivity index (χ2n) is 6.51. The van der Waals surface area contributed by atoms with E-state index in [-0.39, 0.29) is 12.4 Å². The van der Waals surface area contributed by atoms with E-state index in [1.165, 1.54) is 6.07 Å². The summed E-state index contributed by atoms with van der Waals surface area (Å²) in [6.45, 7) is 0.187. The number of halogens is 1. The third kappa shape index (κ3) is 2.97. The number of fused-ring (bicyclic) bond motifs is 2. The molecule has 0 spiro atoms. The van der Waals surface area contributed by atoms with Gasteiger partial charge in [-0.1, -0.05) is 42.5 Å². The van der Waals surface area contributed by atoms with Crippen molar-refractivity contribution in [3.63, 3.8) is 0 Å². The van der Waals surface area contributed by atoms with Crippen molar-refractivity contribution in [3.8, 4) is 11.4 Å². The van der Waals surface area contributed by atoms with Crippen LogP contribution in [0.4, 0.5) is 4.39 Å². The van der Waals surface area contributed by atoms with Crippen LogP contribution in [0.5, 0.6) is 5.75 Å². The zero-order chi connectivity index (χ0) is 18.9. The van der Waals surface area contributed by atoms with E-state index in [9.17, 15) is 4.39 Å². The van der Waals surface area contributed by atoms with Crippen LogP contribution in [0.25, 0.3) is 27.6 Å². The summed E-state index contributed by atoms with van der Waals surface area (Å²) in [5.74, 6) is -0.258. The molecule has 0 aliphatic carbocycles. The Morgan fingerprint density at radius 1 is 0.857 bits per heavy atom. The molecule has 0 aliphatic heterocycles. The summed E-state index contributed by atoms with van der Waals surface area (Å²) in [7, 11) is 0. The molecule has 5 rings (SSSR count). The Labute approximate surface area is 160 Å². The second-order valence-corrected chi connectivity index (χ2v) is 6.51. The molecule has 0 atom stereocenters. The maximum Gasteiger partial charge on any atom is 0.167 e. The van der Waals surface area contributed by atoms with Gasteiger partial charge in [0.25, 0.3) is 0 Å². The Kier molecular flexibility index (Phi) is 3.98. The maximum absolute atomic E-state index is 14.5. The van der Waals surface area contributed by atoms with Crippen LogP contribution < -0.4 is 4.74 Å². The molecule has 0 aliphatic rings. The van der Waals surface area contributed by atoms with Gasteiger partial charge in [-0.25, -0.2) is 14.4 Å². The van der Waals surface area contributed by atoms with Gasteiger partial charge in [-0.3, -0.25) is 4.57 Å². The van der Waals surface area contributed by atoms with Crippen LogP contribution in [-0.4, -0.2) is 14.5 Å². The molecule has 28 heavy (non-hydrogen) atoms. The summed E-state index contributed by atoms with van der Waals surface area (Å²) < 4.78 is 22.2. The summed E-state index contributed by atoms with van der Waals surface area (Å²) in [5.41, 5.74) is 3.96. The molecule has 0 unspecified atom stereocenters. The topological polar surface area (TPSA) is 39.9 Å². The molecule has 136 valence electrons. The van der Waals surface area contributed by atoms with E-state index in [0.717, 1.165) is 27.8 Å². The van der Waals surface area contributed by atoms with Gasteiger partial charge in [-0.2, -0.15) is 0 Å². The third-order valence-corrected chi connectivity index (χ3v) is 4.67. The number of para-hydroxylation sites is 2. The number of aromatic nitrogens is 3. The van der Waals surface area contributed by atoms with Crippen LogP contribution in [0.2, 0.25) is 0 Å². The zero-order valence-corrected chi connectivity index (χ0v) is 14.9. The third-order valence-electron chi connectivity index (χ3n) is 4.67. The van der Waals surface area contributed by atoms with E-state index in [1.54, 1.807) is 12.4 Å². The maximum atomic E-state index is 14.5. The largest absolute Gasteiger partial charge is 0.484 e. The Morgan fingerprint density at radius 2 is 1.68 bits per heavy atom. The molecule has 2 aromatic heterocycles. The quantitative estimate of drug-likeness (QED) is 0.432. The molecule has 5 aromatic rings. The fraction of sp³-hybridized carbons (Fsp3) is 0.0435. The Balaban J connectivity index is 1.47. The van der Waals surface area contributed by atoms with Gasteiger partial charge in [0.1, 0.15) is 12.9 Å².